The number of fused-ring (bicyclic) bond motifs is 1. The third-order valence-corrected chi connectivity index (χ3v) is 5.27. The molecule has 25 heavy (non-hydrogen) atoms. The van der Waals surface area contributed by atoms with Gasteiger partial charge in [0.15, 0.2) is 0 Å². The van der Waals surface area contributed by atoms with Gasteiger partial charge in [0.05, 0.1) is 12.2 Å². The van der Waals surface area contributed by atoms with Gasteiger partial charge in [-0.1, -0.05) is 6.07 Å². The molecule has 132 valence electrons. The van der Waals surface area contributed by atoms with Crippen molar-refractivity contribution in [1.82, 2.24) is 0 Å². The lowest BCUT2D eigenvalue weighted by Crippen LogP contribution is -2.18. The molecule has 0 bridgehead atoms. The van der Waals surface area contributed by atoms with Crippen LogP contribution < -0.4 is 5.32 Å². The summed E-state index contributed by atoms with van der Waals surface area (Å²) in [5.74, 6) is -3.33. The van der Waals surface area contributed by atoms with E-state index in [0.29, 0.717) is 5.56 Å². The monoisotopic (exact) mass is 365 g/mol. The molecule has 0 fully saturated rings. The largest absolute Gasteiger partial charge is 0.462 e. The van der Waals surface area contributed by atoms with E-state index in [1.54, 1.807) is 6.92 Å². The summed E-state index contributed by atoms with van der Waals surface area (Å²) in [5, 5.41) is 2.79. The first-order valence-electron chi connectivity index (χ1n) is 8.10. The van der Waals surface area contributed by atoms with Gasteiger partial charge in [-0.3, -0.25) is 4.79 Å². The van der Waals surface area contributed by atoms with Gasteiger partial charge in [-0.2, -0.15) is 0 Å². The molecule has 1 aromatic heterocycles. The number of hydrogen-bond acceptors (Lipinski definition) is 4. The van der Waals surface area contributed by atoms with Gasteiger partial charge in [0, 0.05) is 4.88 Å². The molecule has 0 saturated heterocycles. The second-order valence-corrected chi connectivity index (χ2v) is 6.79. The Labute approximate surface area is 147 Å². The maximum absolute atomic E-state index is 13.8. The number of thiophene rings is 1. The van der Waals surface area contributed by atoms with E-state index in [0.717, 1.165) is 48.3 Å². The van der Waals surface area contributed by atoms with Crippen LogP contribution in [0.5, 0.6) is 0 Å². The predicted octanol–water partition coefficient (Wildman–Crippen LogP) is 4.33. The van der Waals surface area contributed by atoms with E-state index in [2.05, 4.69) is 5.32 Å². The Bertz CT molecular complexity index is 812. The fourth-order valence-electron chi connectivity index (χ4n) is 2.95. The van der Waals surface area contributed by atoms with E-state index in [1.165, 1.54) is 17.4 Å². The summed E-state index contributed by atoms with van der Waals surface area (Å²) < 4.78 is 32.7. The van der Waals surface area contributed by atoms with E-state index in [1.807, 2.05) is 0 Å². The highest BCUT2D eigenvalue weighted by atomic mass is 32.1. The molecule has 1 heterocycles. The first-order chi connectivity index (χ1) is 12.0. The number of carbonyl (C=O) groups excluding carboxylic acids is 2. The average Bonchev–Trinajstić information content (AvgIpc) is 2.92. The number of anilines is 1. The normalized spacial score (nSPS) is 13.2. The molecular weight excluding hydrogens is 348 g/mol. The van der Waals surface area contributed by atoms with Crippen molar-refractivity contribution in [3.8, 4) is 0 Å². The molecule has 0 saturated carbocycles. The Morgan fingerprint density at radius 3 is 2.52 bits per heavy atom. The zero-order valence-corrected chi connectivity index (χ0v) is 14.5. The van der Waals surface area contributed by atoms with Crippen LogP contribution in [-0.2, 0) is 17.6 Å². The molecule has 0 radical (unpaired) electrons. The van der Waals surface area contributed by atoms with Crippen LogP contribution in [0.3, 0.4) is 0 Å². The smallest absolute Gasteiger partial charge is 0.341 e. The Morgan fingerprint density at radius 2 is 1.84 bits per heavy atom. The topological polar surface area (TPSA) is 55.4 Å². The minimum atomic E-state index is -0.948. The Kier molecular flexibility index (Phi) is 5.13. The van der Waals surface area contributed by atoms with Gasteiger partial charge in [-0.05, 0) is 50.3 Å². The molecule has 0 unspecified atom stereocenters. The number of hydrogen-bond donors (Lipinski definition) is 1. The average molecular weight is 365 g/mol. The van der Waals surface area contributed by atoms with Gasteiger partial charge >= 0.3 is 5.97 Å². The maximum Gasteiger partial charge on any atom is 0.341 e. The number of amides is 1. The van der Waals surface area contributed by atoms with Crippen molar-refractivity contribution in [2.45, 2.75) is 32.6 Å². The molecule has 4 nitrogen and oxygen atoms in total. The zero-order valence-electron chi connectivity index (χ0n) is 13.7. The van der Waals surface area contributed by atoms with Crippen molar-refractivity contribution in [1.29, 1.82) is 0 Å². The van der Waals surface area contributed by atoms with E-state index in [9.17, 15) is 18.4 Å². The number of halogens is 2. The number of aryl methyl sites for hydroxylation is 1. The van der Waals surface area contributed by atoms with Gasteiger partial charge < -0.3 is 10.1 Å². The molecule has 3 rings (SSSR count). The number of ether oxygens (including phenoxy) is 1. The van der Waals surface area contributed by atoms with Crippen LogP contribution in [0, 0.1) is 11.6 Å². The summed E-state index contributed by atoms with van der Waals surface area (Å²) in [4.78, 5) is 25.7. The van der Waals surface area contributed by atoms with Crippen LogP contribution in [0.2, 0.25) is 0 Å². The SMILES string of the molecule is CCOC(=O)c1c(NC(=O)c2c(F)cccc2F)sc2c1CCCC2. The van der Waals surface area contributed by atoms with Crippen LogP contribution in [0.15, 0.2) is 18.2 Å². The van der Waals surface area contributed by atoms with Crippen molar-refractivity contribution in [2.75, 3.05) is 11.9 Å². The summed E-state index contributed by atoms with van der Waals surface area (Å²) in [7, 11) is 0. The van der Waals surface area contributed by atoms with Gasteiger partial charge in [-0.25, -0.2) is 13.6 Å². The van der Waals surface area contributed by atoms with Gasteiger partial charge in [-0.15, -0.1) is 11.3 Å². The highest BCUT2D eigenvalue weighted by Gasteiger charge is 2.28. The molecule has 0 aliphatic heterocycles. The molecule has 1 aliphatic carbocycles. The Balaban J connectivity index is 1.98. The molecule has 1 aliphatic rings. The quantitative estimate of drug-likeness (QED) is 0.821. The highest BCUT2D eigenvalue weighted by Crippen LogP contribution is 2.39. The summed E-state index contributed by atoms with van der Waals surface area (Å²) in [6, 6.07) is 3.22. The molecule has 0 atom stereocenters. The molecule has 1 N–H and O–H groups in total. The van der Waals surface area contributed by atoms with Crippen LogP contribution in [0.25, 0.3) is 0 Å². The lowest BCUT2D eigenvalue weighted by atomic mass is 9.95. The number of carbonyl (C=O) groups is 2. The fourth-order valence-corrected chi connectivity index (χ4v) is 4.23. The lowest BCUT2D eigenvalue weighted by molar-refractivity contribution is 0.0526. The van der Waals surface area contributed by atoms with Crippen molar-refractivity contribution in [2.24, 2.45) is 0 Å². The van der Waals surface area contributed by atoms with Gasteiger partial charge in [0.25, 0.3) is 5.91 Å². The Hall–Kier alpha value is -2.28. The summed E-state index contributed by atoms with van der Waals surface area (Å²) >= 11 is 1.27. The minimum Gasteiger partial charge on any atom is -0.462 e. The van der Waals surface area contributed by atoms with Crippen molar-refractivity contribution in [3.05, 3.63) is 51.4 Å². The standard InChI is InChI=1S/C18H17F2NO3S/c1-2-24-18(23)14-10-6-3-4-9-13(10)25-17(14)21-16(22)15-11(19)7-5-8-12(15)20/h5,7-8H,2-4,6,9H2,1H3,(H,21,22). The minimum absolute atomic E-state index is 0.207. The molecule has 2 aromatic rings. The first kappa shape index (κ1) is 17.5. The second kappa shape index (κ2) is 7.31. The first-order valence-corrected chi connectivity index (χ1v) is 8.91. The van der Waals surface area contributed by atoms with E-state index >= 15 is 0 Å². The van der Waals surface area contributed by atoms with E-state index in [4.69, 9.17) is 4.74 Å². The highest BCUT2D eigenvalue weighted by molar-refractivity contribution is 7.17. The summed E-state index contributed by atoms with van der Waals surface area (Å²) in [6.07, 6.45) is 3.50. The van der Waals surface area contributed by atoms with E-state index < -0.39 is 29.1 Å². The van der Waals surface area contributed by atoms with Crippen LogP contribution >= 0.6 is 11.3 Å². The molecule has 0 spiro atoms. The number of nitrogens with one attached hydrogen (secondary N) is 1. The zero-order chi connectivity index (χ0) is 18.0. The van der Waals surface area contributed by atoms with Crippen LogP contribution in [-0.4, -0.2) is 18.5 Å². The van der Waals surface area contributed by atoms with Gasteiger partial charge in [0.2, 0.25) is 0 Å². The number of esters is 1. The molecule has 7 heteroatoms. The summed E-state index contributed by atoms with van der Waals surface area (Å²) in [6.45, 7) is 1.91. The predicted molar refractivity (Wildman–Crippen MR) is 91.2 cm³/mol. The maximum atomic E-state index is 13.8. The molecule has 1 aromatic carbocycles. The summed E-state index contributed by atoms with van der Waals surface area (Å²) in [5.41, 5.74) is 0.523. The second-order valence-electron chi connectivity index (χ2n) is 5.69. The van der Waals surface area contributed by atoms with Crippen molar-refractivity contribution >= 4 is 28.2 Å². The Morgan fingerprint density at radius 1 is 1.16 bits per heavy atom. The fraction of sp³-hybridized carbons (Fsp3) is 0.333. The molecular formula is C18H17F2NO3S. The number of benzene rings is 1. The van der Waals surface area contributed by atoms with Gasteiger partial charge in [0.1, 0.15) is 22.2 Å². The number of rotatable bonds is 4. The lowest BCUT2D eigenvalue weighted by Gasteiger charge is -2.12. The van der Waals surface area contributed by atoms with E-state index in [-0.39, 0.29) is 11.6 Å². The van der Waals surface area contributed by atoms with Crippen LogP contribution in [0.1, 0.15) is 50.9 Å². The van der Waals surface area contributed by atoms with Crippen LogP contribution in [0.4, 0.5) is 13.8 Å². The van der Waals surface area contributed by atoms with Crippen molar-refractivity contribution in [3.63, 3.8) is 0 Å². The molecule has 1 amide bonds. The third-order valence-electron chi connectivity index (χ3n) is 4.07. The van der Waals surface area contributed by atoms with Crippen molar-refractivity contribution < 1.29 is 23.1 Å². The third kappa shape index (κ3) is 3.42.